The highest BCUT2D eigenvalue weighted by Gasteiger charge is 2.27. The number of hydrogen-bond donors (Lipinski definition) is 1. The zero-order chi connectivity index (χ0) is 14.4. The standard InChI is InChI=1S/C16H25NO2/c1-6-7-15-12(4)10-14(13(5)19-15)17-16(18)9-8-11(2)3/h6,8-11,13-15H,1,7H2,2-5H3,(H,17,18)/b9-8-/t13-,14-,15-/m1/s1. The lowest BCUT2D eigenvalue weighted by molar-refractivity contribution is -0.118. The molecule has 1 rings (SSSR count). The van der Waals surface area contributed by atoms with Crippen LogP contribution >= 0.6 is 0 Å². The van der Waals surface area contributed by atoms with Gasteiger partial charge in [-0.2, -0.15) is 0 Å². The minimum atomic E-state index is -0.0691. The molecule has 3 atom stereocenters. The molecule has 106 valence electrons. The normalized spacial score (nSPS) is 27.4. The van der Waals surface area contributed by atoms with Crippen molar-refractivity contribution in [2.24, 2.45) is 5.92 Å². The Balaban J connectivity index is 2.64. The first kappa shape index (κ1) is 15.7. The van der Waals surface area contributed by atoms with Crippen molar-refractivity contribution < 1.29 is 9.53 Å². The van der Waals surface area contributed by atoms with Gasteiger partial charge in [-0.25, -0.2) is 0 Å². The molecule has 1 heterocycles. The minimum absolute atomic E-state index is 0.0231. The predicted molar refractivity (Wildman–Crippen MR) is 78.8 cm³/mol. The van der Waals surface area contributed by atoms with Crippen LogP contribution in [0.4, 0.5) is 0 Å². The molecule has 1 N–H and O–H groups in total. The highest BCUT2D eigenvalue weighted by molar-refractivity contribution is 5.87. The van der Waals surface area contributed by atoms with E-state index in [4.69, 9.17) is 4.74 Å². The molecule has 3 heteroatoms. The van der Waals surface area contributed by atoms with Crippen LogP contribution in [-0.4, -0.2) is 24.2 Å². The summed E-state index contributed by atoms with van der Waals surface area (Å²) in [6, 6.07) is -0.0645. The van der Waals surface area contributed by atoms with Crippen molar-refractivity contribution in [3.63, 3.8) is 0 Å². The molecular formula is C16H25NO2. The van der Waals surface area contributed by atoms with Crippen LogP contribution in [-0.2, 0) is 9.53 Å². The van der Waals surface area contributed by atoms with E-state index in [0.29, 0.717) is 5.92 Å². The highest BCUT2D eigenvalue weighted by atomic mass is 16.5. The Morgan fingerprint density at radius 1 is 1.58 bits per heavy atom. The second-order valence-electron chi connectivity index (χ2n) is 5.40. The third-order valence-electron chi connectivity index (χ3n) is 3.16. The largest absolute Gasteiger partial charge is 0.368 e. The van der Waals surface area contributed by atoms with Gasteiger partial charge in [0.05, 0.1) is 18.2 Å². The van der Waals surface area contributed by atoms with Crippen molar-refractivity contribution in [1.82, 2.24) is 5.32 Å². The molecule has 19 heavy (non-hydrogen) atoms. The van der Waals surface area contributed by atoms with Crippen LogP contribution in [0.2, 0.25) is 0 Å². The summed E-state index contributed by atoms with van der Waals surface area (Å²) in [6.07, 6.45) is 8.30. The minimum Gasteiger partial charge on any atom is -0.368 e. The zero-order valence-electron chi connectivity index (χ0n) is 12.3. The van der Waals surface area contributed by atoms with Gasteiger partial charge in [0.15, 0.2) is 0 Å². The summed E-state index contributed by atoms with van der Waals surface area (Å²) in [5.74, 6) is 0.306. The summed E-state index contributed by atoms with van der Waals surface area (Å²) in [7, 11) is 0. The maximum absolute atomic E-state index is 11.8. The molecular weight excluding hydrogens is 238 g/mol. The molecule has 3 nitrogen and oxygen atoms in total. The van der Waals surface area contributed by atoms with E-state index >= 15 is 0 Å². The lowest BCUT2D eigenvalue weighted by Gasteiger charge is -2.33. The van der Waals surface area contributed by atoms with Crippen LogP contribution in [0.15, 0.2) is 36.5 Å². The number of rotatable bonds is 5. The number of hydrogen-bond acceptors (Lipinski definition) is 2. The Kier molecular flexibility index (Phi) is 6.03. The average molecular weight is 263 g/mol. The van der Waals surface area contributed by atoms with Crippen molar-refractivity contribution in [2.45, 2.75) is 52.4 Å². The number of nitrogens with one attached hydrogen (secondary N) is 1. The van der Waals surface area contributed by atoms with Gasteiger partial charge < -0.3 is 10.1 Å². The van der Waals surface area contributed by atoms with Crippen LogP contribution in [0.3, 0.4) is 0 Å². The molecule has 1 aliphatic rings. The summed E-state index contributed by atoms with van der Waals surface area (Å²) in [6.45, 7) is 11.8. The summed E-state index contributed by atoms with van der Waals surface area (Å²) < 4.78 is 5.90. The van der Waals surface area contributed by atoms with Gasteiger partial charge in [0.25, 0.3) is 0 Å². The van der Waals surface area contributed by atoms with Gasteiger partial charge in [-0.05, 0) is 37.8 Å². The molecule has 0 aliphatic carbocycles. The van der Waals surface area contributed by atoms with Crippen molar-refractivity contribution >= 4 is 5.91 Å². The van der Waals surface area contributed by atoms with Gasteiger partial charge in [0.1, 0.15) is 0 Å². The first-order valence-corrected chi connectivity index (χ1v) is 6.87. The highest BCUT2D eigenvalue weighted by Crippen LogP contribution is 2.21. The molecule has 0 fully saturated rings. The number of carbonyl (C=O) groups is 1. The lowest BCUT2D eigenvalue weighted by atomic mass is 9.98. The lowest BCUT2D eigenvalue weighted by Crippen LogP contribution is -2.46. The van der Waals surface area contributed by atoms with E-state index in [9.17, 15) is 4.79 Å². The average Bonchev–Trinajstić information content (AvgIpc) is 2.33. The molecule has 0 saturated heterocycles. The fourth-order valence-corrected chi connectivity index (χ4v) is 2.02. The Morgan fingerprint density at radius 2 is 2.26 bits per heavy atom. The molecule has 0 radical (unpaired) electrons. The van der Waals surface area contributed by atoms with E-state index in [1.165, 1.54) is 0 Å². The first-order chi connectivity index (χ1) is 8.93. The molecule has 1 aliphatic heterocycles. The quantitative estimate of drug-likeness (QED) is 0.611. The van der Waals surface area contributed by atoms with E-state index in [-0.39, 0.29) is 24.2 Å². The molecule has 0 saturated carbocycles. The van der Waals surface area contributed by atoms with Gasteiger partial charge in [0.2, 0.25) is 5.91 Å². The van der Waals surface area contributed by atoms with Gasteiger partial charge in [-0.1, -0.05) is 32.1 Å². The summed E-state index contributed by atoms with van der Waals surface area (Å²) in [5.41, 5.74) is 1.15. The predicted octanol–water partition coefficient (Wildman–Crippen LogP) is 2.99. The van der Waals surface area contributed by atoms with Crippen LogP contribution in [0.25, 0.3) is 0 Å². The molecule has 1 amide bonds. The molecule has 0 aromatic rings. The van der Waals surface area contributed by atoms with Crippen LogP contribution < -0.4 is 5.32 Å². The second-order valence-corrected chi connectivity index (χ2v) is 5.40. The van der Waals surface area contributed by atoms with Gasteiger partial charge in [-0.15, -0.1) is 6.58 Å². The van der Waals surface area contributed by atoms with E-state index < -0.39 is 0 Å². The molecule has 0 bridgehead atoms. The Morgan fingerprint density at radius 3 is 2.84 bits per heavy atom. The van der Waals surface area contributed by atoms with Crippen molar-refractivity contribution in [3.8, 4) is 0 Å². The number of amides is 1. The smallest absolute Gasteiger partial charge is 0.244 e. The summed E-state index contributed by atoms with van der Waals surface area (Å²) >= 11 is 0. The number of carbonyl (C=O) groups excluding carboxylic acids is 1. The fourth-order valence-electron chi connectivity index (χ4n) is 2.02. The molecule has 0 unspecified atom stereocenters. The second kappa shape index (κ2) is 7.29. The van der Waals surface area contributed by atoms with E-state index in [1.807, 2.05) is 39.8 Å². The van der Waals surface area contributed by atoms with Crippen LogP contribution in [0.5, 0.6) is 0 Å². The number of ether oxygens (including phenoxy) is 1. The maximum atomic E-state index is 11.8. The third kappa shape index (κ3) is 5.03. The molecule has 0 spiro atoms. The molecule has 0 aromatic carbocycles. The van der Waals surface area contributed by atoms with Crippen molar-refractivity contribution in [3.05, 3.63) is 36.5 Å². The summed E-state index contributed by atoms with van der Waals surface area (Å²) in [4.78, 5) is 11.8. The topological polar surface area (TPSA) is 38.3 Å². The van der Waals surface area contributed by atoms with Crippen molar-refractivity contribution in [2.75, 3.05) is 0 Å². The van der Waals surface area contributed by atoms with Gasteiger partial charge >= 0.3 is 0 Å². The third-order valence-corrected chi connectivity index (χ3v) is 3.16. The van der Waals surface area contributed by atoms with Gasteiger partial charge in [0, 0.05) is 0 Å². The SMILES string of the molecule is C=CC[C@H]1O[C@H](C)[C@H](NC(=O)/C=C\C(C)C)C=C1C. The Bertz CT molecular complexity index is 382. The Labute approximate surface area is 116 Å². The first-order valence-electron chi connectivity index (χ1n) is 6.87. The van der Waals surface area contributed by atoms with Crippen molar-refractivity contribution in [1.29, 1.82) is 0 Å². The summed E-state index contributed by atoms with van der Waals surface area (Å²) in [5, 5.41) is 2.96. The molecule has 0 aromatic heterocycles. The van der Waals surface area contributed by atoms with Crippen LogP contribution in [0.1, 0.15) is 34.1 Å². The number of allylic oxidation sites excluding steroid dienone is 1. The Hall–Kier alpha value is -1.35. The monoisotopic (exact) mass is 263 g/mol. The van der Waals surface area contributed by atoms with E-state index in [2.05, 4.69) is 18.0 Å². The zero-order valence-corrected chi connectivity index (χ0v) is 12.3. The van der Waals surface area contributed by atoms with E-state index in [1.54, 1.807) is 6.08 Å². The maximum Gasteiger partial charge on any atom is 0.244 e. The fraction of sp³-hybridized carbons (Fsp3) is 0.562. The van der Waals surface area contributed by atoms with Gasteiger partial charge in [-0.3, -0.25) is 4.79 Å². The van der Waals surface area contributed by atoms with E-state index in [0.717, 1.165) is 12.0 Å². The van der Waals surface area contributed by atoms with Crippen LogP contribution in [0, 0.1) is 5.92 Å².